The van der Waals surface area contributed by atoms with Gasteiger partial charge in [-0.05, 0) is 31.5 Å². The fourth-order valence-electron chi connectivity index (χ4n) is 1.28. The van der Waals surface area contributed by atoms with Crippen molar-refractivity contribution in [1.29, 1.82) is 0 Å². The summed E-state index contributed by atoms with van der Waals surface area (Å²) in [5.74, 6) is -0.945. The Kier molecular flexibility index (Phi) is 6.31. The van der Waals surface area contributed by atoms with Crippen molar-refractivity contribution in [2.45, 2.75) is 26.3 Å². The molecular formula is C13H15BrClNO3. The van der Waals surface area contributed by atoms with Crippen molar-refractivity contribution in [3.63, 3.8) is 0 Å². The Morgan fingerprint density at radius 3 is 2.79 bits per heavy atom. The largest absolute Gasteiger partial charge is 0.452 e. The van der Waals surface area contributed by atoms with Crippen LogP contribution in [0.4, 0.5) is 0 Å². The SMILES string of the molecule is CC[C@@H](C)NC(=O)COC(=O)c1cc(Br)ccc1Cl. The van der Waals surface area contributed by atoms with Gasteiger partial charge >= 0.3 is 5.97 Å². The van der Waals surface area contributed by atoms with Gasteiger partial charge in [0.1, 0.15) is 0 Å². The molecule has 1 atom stereocenters. The molecule has 1 aromatic carbocycles. The molecule has 1 N–H and O–H groups in total. The zero-order valence-corrected chi connectivity index (χ0v) is 13.0. The van der Waals surface area contributed by atoms with Gasteiger partial charge in [-0.15, -0.1) is 0 Å². The van der Waals surface area contributed by atoms with Gasteiger partial charge in [0.25, 0.3) is 5.91 Å². The number of hydrogen-bond acceptors (Lipinski definition) is 3. The minimum Gasteiger partial charge on any atom is -0.452 e. The summed E-state index contributed by atoms with van der Waals surface area (Å²) >= 11 is 9.13. The number of amides is 1. The lowest BCUT2D eigenvalue weighted by Crippen LogP contribution is -2.35. The molecule has 1 aromatic rings. The number of carbonyl (C=O) groups is 2. The number of nitrogens with one attached hydrogen (secondary N) is 1. The Hall–Kier alpha value is -1.07. The Labute approximate surface area is 125 Å². The van der Waals surface area contributed by atoms with Crippen molar-refractivity contribution in [3.8, 4) is 0 Å². The molecule has 0 bridgehead atoms. The van der Waals surface area contributed by atoms with E-state index in [0.29, 0.717) is 4.47 Å². The molecule has 0 heterocycles. The average molecular weight is 349 g/mol. The van der Waals surface area contributed by atoms with Gasteiger partial charge in [0, 0.05) is 10.5 Å². The number of hydrogen-bond donors (Lipinski definition) is 1. The third-order valence-electron chi connectivity index (χ3n) is 2.50. The molecule has 4 nitrogen and oxygen atoms in total. The van der Waals surface area contributed by atoms with Crippen LogP contribution in [-0.4, -0.2) is 24.5 Å². The van der Waals surface area contributed by atoms with E-state index in [4.69, 9.17) is 16.3 Å². The molecule has 0 aliphatic rings. The molecule has 0 saturated carbocycles. The smallest absolute Gasteiger partial charge is 0.340 e. The topological polar surface area (TPSA) is 55.4 Å². The lowest BCUT2D eigenvalue weighted by atomic mass is 10.2. The van der Waals surface area contributed by atoms with Gasteiger partial charge in [-0.2, -0.15) is 0 Å². The maximum atomic E-state index is 11.8. The van der Waals surface area contributed by atoms with Crippen molar-refractivity contribution in [2.75, 3.05) is 6.61 Å². The van der Waals surface area contributed by atoms with Crippen LogP contribution in [0.1, 0.15) is 30.6 Å². The maximum Gasteiger partial charge on any atom is 0.340 e. The van der Waals surface area contributed by atoms with Crippen molar-refractivity contribution >= 4 is 39.4 Å². The van der Waals surface area contributed by atoms with E-state index in [-0.39, 0.29) is 29.1 Å². The zero-order valence-electron chi connectivity index (χ0n) is 10.7. The van der Waals surface area contributed by atoms with Gasteiger partial charge in [-0.1, -0.05) is 34.5 Å². The summed E-state index contributed by atoms with van der Waals surface area (Å²) in [7, 11) is 0. The summed E-state index contributed by atoms with van der Waals surface area (Å²) in [6.45, 7) is 3.52. The standard InChI is InChI=1S/C13H15BrClNO3/c1-3-8(2)16-12(17)7-19-13(18)10-6-9(14)4-5-11(10)15/h4-6,8H,3,7H2,1-2H3,(H,16,17)/t8-/m1/s1. The third-order valence-corrected chi connectivity index (χ3v) is 3.33. The molecule has 0 unspecified atom stereocenters. The Balaban J connectivity index is 2.56. The van der Waals surface area contributed by atoms with Gasteiger partial charge in [-0.3, -0.25) is 4.79 Å². The number of ether oxygens (including phenoxy) is 1. The van der Waals surface area contributed by atoms with Crippen molar-refractivity contribution < 1.29 is 14.3 Å². The summed E-state index contributed by atoms with van der Waals surface area (Å²) in [5, 5.41) is 2.99. The average Bonchev–Trinajstić information content (AvgIpc) is 2.38. The predicted octanol–water partition coefficient (Wildman–Crippen LogP) is 3.17. The summed E-state index contributed by atoms with van der Waals surface area (Å²) in [6, 6.07) is 4.91. The molecule has 0 fully saturated rings. The molecule has 0 aliphatic carbocycles. The van der Waals surface area contributed by atoms with Crippen LogP contribution in [0.15, 0.2) is 22.7 Å². The normalized spacial score (nSPS) is 11.8. The summed E-state index contributed by atoms with van der Waals surface area (Å²) in [5.41, 5.74) is 0.229. The number of carbonyl (C=O) groups excluding carboxylic acids is 2. The van der Waals surface area contributed by atoms with Crippen molar-refractivity contribution in [3.05, 3.63) is 33.3 Å². The molecule has 1 amide bonds. The van der Waals surface area contributed by atoms with E-state index in [2.05, 4.69) is 21.2 Å². The Morgan fingerprint density at radius 1 is 1.47 bits per heavy atom. The molecule has 0 radical (unpaired) electrons. The fourth-order valence-corrected chi connectivity index (χ4v) is 1.84. The first-order chi connectivity index (χ1) is 8.93. The van der Waals surface area contributed by atoms with E-state index in [9.17, 15) is 9.59 Å². The van der Waals surface area contributed by atoms with E-state index < -0.39 is 5.97 Å². The first kappa shape index (κ1) is 16.0. The minimum absolute atomic E-state index is 0.0562. The van der Waals surface area contributed by atoms with Crippen LogP contribution in [0.5, 0.6) is 0 Å². The quantitative estimate of drug-likeness (QED) is 0.832. The lowest BCUT2D eigenvalue weighted by molar-refractivity contribution is -0.124. The van der Waals surface area contributed by atoms with E-state index in [0.717, 1.165) is 6.42 Å². The second kappa shape index (κ2) is 7.50. The second-order valence-corrected chi connectivity index (χ2v) is 5.40. The van der Waals surface area contributed by atoms with E-state index in [1.165, 1.54) is 0 Å². The predicted molar refractivity (Wildman–Crippen MR) is 77.3 cm³/mol. The summed E-state index contributed by atoms with van der Waals surface area (Å²) in [6.07, 6.45) is 0.817. The highest BCUT2D eigenvalue weighted by atomic mass is 79.9. The van der Waals surface area contributed by atoms with Crippen LogP contribution in [0.3, 0.4) is 0 Å². The van der Waals surface area contributed by atoms with Crippen molar-refractivity contribution in [2.24, 2.45) is 0 Å². The van der Waals surface area contributed by atoms with E-state index in [1.807, 2.05) is 13.8 Å². The number of halogens is 2. The third kappa shape index (κ3) is 5.20. The zero-order chi connectivity index (χ0) is 14.4. The second-order valence-electron chi connectivity index (χ2n) is 4.08. The maximum absolute atomic E-state index is 11.8. The molecule has 0 saturated heterocycles. The van der Waals surface area contributed by atoms with Gasteiger partial charge in [0.2, 0.25) is 0 Å². The van der Waals surface area contributed by atoms with Crippen LogP contribution in [0, 0.1) is 0 Å². The van der Waals surface area contributed by atoms with E-state index >= 15 is 0 Å². The highest BCUT2D eigenvalue weighted by Gasteiger charge is 2.14. The van der Waals surface area contributed by atoms with Crippen LogP contribution in [0.2, 0.25) is 5.02 Å². The molecule has 1 rings (SSSR count). The fraction of sp³-hybridized carbons (Fsp3) is 0.385. The first-order valence-corrected chi connectivity index (χ1v) is 7.02. The van der Waals surface area contributed by atoms with Gasteiger partial charge < -0.3 is 10.1 Å². The van der Waals surface area contributed by atoms with Crippen molar-refractivity contribution in [1.82, 2.24) is 5.32 Å². The first-order valence-electron chi connectivity index (χ1n) is 5.85. The minimum atomic E-state index is -0.620. The summed E-state index contributed by atoms with van der Waals surface area (Å²) < 4.78 is 5.63. The summed E-state index contributed by atoms with van der Waals surface area (Å²) in [4.78, 5) is 23.2. The van der Waals surface area contributed by atoms with Crippen LogP contribution in [0.25, 0.3) is 0 Å². The monoisotopic (exact) mass is 347 g/mol. The van der Waals surface area contributed by atoms with Crippen LogP contribution in [-0.2, 0) is 9.53 Å². The molecule has 0 aromatic heterocycles. The van der Waals surface area contributed by atoms with Crippen LogP contribution >= 0.6 is 27.5 Å². The molecule has 6 heteroatoms. The molecule has 104 valence electrons. The lowest BCUT2D eigenvalue weighted by Gasteiger charge is -2.11. The number of esters is 1. The molecule has 0 aliphatic heterocycles. The highest BCUT2D eigenvalue weighted by molar-refractivity contribution is 9.10. The number of rotatable bonds is 5. The molecular weight excluding hydrogens is 334 g/mol. The van der Waals surface area contributed by atoms with Gasteiger partial charge in [0.05, 0.1) is 10.6 Å². The van der Waals surface area contributed by atoms with Gasteiger partial charge in [-0.25, -0.2) is 4.79 Å². The Morgan fingerprint density at radius 2 is 2.16 bits per heavy atom. The number of benzene rings is 1. The molecule has 19 heavy (non-hydrogen) atoms. The van der Waals surface area contributed by atoms with Crippen LogP contribution < -0.4 is 5.32 Å². The highest BCUT2D eigenvalue weighted by Crippen LogP contribution is 2.21. The Bertz CT molecular complexity index is 479. The molecule has 0 spiro atoms. The van der Waals surface area contributed by atoms with E-state index in [1.54, 1.807) is 18.2 Å². The van der Waals surface area contributed by atoms with Gasteiger partial charge in [0.15, 0.2) is 6.61 Å².